The predicted molar refractivity (Wildman–Crippen MR) is 108 cm³/mol. The van der Waals surface area contributed by atoms with Crippen molar-refractivity contribution < 1.29 is 4.79 Å². The standard InChI is InChI=1S/C17H21N5O.HI/c1-18-17(20-11-9-14-6-3-2-4-7-14)21-13-16(23)22-15-8-5-10-19-12-15;/h2-8,10,12H,9,11,13H2,1H3,(H,22,23)(H2,18,20,21);1H. The molecule has 1 heterocycles. The Hall–Kier alpha value is -2.16. The van der Waals surface area contributed by atoms with Gasteiger partial charge in [0.2, 0.25) is 5.91 Å². The molecule has 0 aliphatic rings. The van der Waals surface area contributed by atoms with Gasteiger partial charge in [0.05, 0.1) is 18.4 Å². The fourth-order valence-corrected chi connectivity index (χ4v) is 2.00. The van der Waals surface area contributed by atoms with E-state index in [0.717, 1.165) is 13.0 Å². The first-order chi connectivity index (χ1) is 11.3. The van der Waals surface area contributed by atoms with Crippen molar-refractivity contribution in [3.8, 4) is 0 Å². The number of aliphatic imine (C=N–C) groups is 1. The Morgan fingerprint density at radius 2 is 1.92 bits per heavy atom. The molecule has 0 aliphatic carbocycles. The SMILES string of the molecule is CN=C(NCCc1ccccc1)NCC(=O)Nc1cccnc1.I. The zero-order valence-electron chi connectivity index (χ0n) is 13.5. The number of amides is 1. The lowest BCUT2D eigenvalue weighted by Crippen LogP contribution is -2.42. The summed E-state index contributed by atoms with van der Waals surface area (Å²) in [7, 11) is 1.68. The number of benzene rings is 1. The summed E-state index contributed by atoms with van der Waals surface area (Å²) < 4.78 is 0. The first-order valence-electron chi connectivity index (χ1n) is 7.46. The van der Waals surface area contributed by atoms with Gasteiger partial charge in [-0.3, -0.25) is 14.8 Å². The van der Waals surface area contributed by atoms with Crippen LogP contribution in [0.25, 0.3) is 0 Å². The fourth-order valence-electron chi connectivity index (χ4n) is 2.00. The molecular weight excluding hydrogens is 417 g/mol. The highest BCUT2D eigenvalue weighted by Gasteiger charge is 2.04. The maximum absolute atomic E-state index is 11.8. The first kappa shape index (κ1) is 19.9. The van der Waals surface area contributed by atoms with Crippen LogP contribution in [0.2, 0.25) is 0 Å². The summed E-state index contributed by atoms with van der Waals surface area (Å²) in [5.41, 5.74) is 1.93. The quantitative estimate of drug-likeness (QED) is 0.366. The van der Waals surface area contributed by atoms with Gasteiger partial charge in [-0.25, -0.2) is 0 Å². The smallest absolute Gasteiger partial charge is 0.243 e. The molecule has 24 heavy (non-hydrogen) atoms. The van der Waals surface area contributed by atoms with Crippen LogP contribution in [-0.2, 0) is 11.2 Å². The van der Waals surface area contributed by atoms with Gasteiger partial charge in [-0.15, -0.1) is 24.0 Å². The highest BCUT2D eigenvalue weighted by Crippen LogP contribution is 2.01. The Kier molecular flexibility index (Phi) is 9.44. The zero-order chi connectivity index (χ0) is 16.3. The predicted octanol–water partition coefficient (Wildman–Crippen LogP) is 2.05. The van der Waals surface area contributed by atoms with Gasteiger partial charge in [0.1, 0.15) is 0 Å². The largest absolute Gasteiger partial charge is 0.356 e. The van der Waals surface area contributed by atoms with Crippen molar-refractivity contribution in [1.29, 1.82) is 0 Å². The van der Waals surface area contributed by atoms with Crippen molar-refractivity contribution in [2.24, 2.45) is 4.99 Å². The second-order valence-electron chi connectivity index (χ2n) is 4.88. The van der Waals surface area contributed by atoms with E-state index in [4.69, 9.17) is 0 Å². The van der Waals surface area contributed by atoms with E-state index in [9.17, 15) is 4.79 Å². The first-order valence-corrected chi connectivity index (χ1v) is 7.46. The number of nitrogens with zero attached hydrogens (tertiary/aromatic N) is 2. The molecule has 2 rings (SSSR count). The van der Waals surface area contributed by atoms with E-state index in [0.29, 0.717) is 11.6 Å². The molecule has 0 atom stereocenters. The summed E-state index contributed by atoms with van der Waals surface area (Å²) in [5.74, 6) is 0.450. The second kappa shape index (κ2) is 11.4. The fraction of sp³-hybridized carbons (Fsp3) is 0.235. The van der Waals surface area contributed by atoms with Crippen molar-refractivity contribution in [2.45, 2.75) is 6.42 Å². The van der Waals surface area contributed by atoms with Crippen LogP contribution < -0.4 is 16.0 Å². The molecule has 0 fully saturated rings. The molecule has 128 valence electrons. The highest BCUT2D eigenvalue weighted by atomic mass is 127. The van der Waals surface area contributed by atoms with Crippen molar-refractivity contribution in [1.82, 2.24) is 15.6 Å². The van der Waals surface area contributed by atoms with Gasteiger partial charge in [0.15, 0.2) is 5.96 Å². The van der Waals surface area contributed by atoms with Crippen LogP contribution in [0.15, 0.2) is 59.9 Å². The minimum absolute atomic E-state index is 0. The van der Waals surface area contributed by atoms with Gasteiger partial charge >= 0.3 is 0 Å². The van der Waals surface area contributed by atoms with Crippen molar-refractivity contribution >= 4 is 41.5 Å². The summed E-state index contributed by atoms with van der Waals surface area (Å²) in [6, 6.07) is 13.8. The van der Waals surface area contributed by atoms with E-state index < -0.39 is 0 Å². The Balaban J connectivity index is 0.00000288. The lowest BCUT2D eigenvalue weighted by atomic mass is 10.1. The summed E-state index contributed by atoms with van der Waals surface area (Å²) in [6.45, 7) is 0.883. The number of hydrogen-bond acceptors (Lipinski definition) is 3. The van der Waals surface area contributed by atoms with Crippen molar-refractivity contribution in [3.05, 3.63) is 60.4 Å². The molecule has 1 amide bonds. The molecular formula is C17H22IN5O. The molecule has 0 spiro atoms. The lowest BCUT2D eigenvalue weighted by Gasteiger charge is -2.12. The molecule has 3 N–H and O–H groups in total. The van der Waals surface area contributed by atoms with Crippen molar-refractivity contribution in [3.63, 3.8) is 0 Å². The summed E-state index contributed by atoms with van der Waals surface area (Å²) in [4.78, 5) is 19.9. The third kappa shape index (κ3) is 7.40. The minimum atomic E-state index is -0.149. The topological polar surface area (TPSA) is 78.4 Å². The molecule has 0 radical (unpaired) electrons. The van der Waals surface area contributed by atoms with Crippen LogP contribution >= 0.6 is 24.0 Å². The minimum Gasteiger partial charge on any atom is -0.356 e. The number of rotatable bonds is 6. The molecule has 0 saturated carbocycles. The number of pyridine rings is 1. The number of guanidine groups is 1. The van der Waals surface area contributed by atoms with E-state index in [-0.39, 0.29) is 36.4 Å². The number of hydrogen-bond donors (Lipinski definition) is 3. The van der Waals surface area contributed by atoms with E-state index in [1.165, 1.54) is 5.56 Å². The number of carbonyl (C=O) groups is 1. The number of nitrogens with one attached hydrogen (secondary N) is 3. The summed E-state index contributed by atoms with van der Waals surface area (Å²) in [5, 5.41) is 8.92. The van der Waals surface area contributed by atoms with E-state index in [1.807, 2.05) is 18.2 Å². The van der Waals surface area contributed by atoms with E-state index in [1.54, 1.807) is 31.6 Å². The molecule has 0 unspecified atom stereocenters. The molecule has 2 aromatic rings. The molecule has 1 aromatic heterocycles. The molecule has 0 bridgehead atoms. The van der Waals surface area contributed by atoms with Crippen LogP contribution in [0.1, 0.15) is 5.56 Å². The van der Waals surface area contributed by atoms with Crippen LogP contribution in [0, 0.1) is 0 Å². The third-order valence-corrected chi connectivity index (χ3v) is 3.13. The van der Waals surface area contributed by atoms with E-state index in [2.05, 4.69) is 38.1 Å². The monoisotopic (exact) mass is 439 g/mol. The maximum atomic E-state index is 11.8. The maximum Gasteiger partial charge on any atom is 0.243 e. The Morgan fingerprint density at radius 3 is 2.58 bits per heavy atom. The number of aromatic nitrogens is 1. The average molecular weight is 439 g/mol. The molecule has 0 saturated heterocycles. The van der Waals surface area contributed by atoms with Gasteiger partial charge in [0.25, 0.3) is 0 Å². The number of halogens is 1. The number of anilines is 1. The lowest BCUT2D eigenvalue weighted by molar-refractivity contribution is -0.115. The van der Waals surface area contributed by atoms with Crippen LogP contribution in [0.4, 0.5) is 5.69 Å². The van der Waals surface area contributed by atoms with Gasteiger partial charge in [-0.2, -0.15) is 0 Å². The Labute approximate surface area is 159 Å². The van der Waals surface area contributed by atoms with Gasteiger partial charge in [-0.05, 0) is 24.1 Å². The second-order valence-corrected chi connectivity index (χ2v) is 4.88. The Morgan fingerprint density at radius 1 is 1.12 bits per heavy atom. The molecule has 1 aromatic carbocycles. The number of carbonyl (C=O) groups excluding carboxylic acids is 1. The van der Waals surface area contributed by atoms with Crippen LogP contribution in [0.3, 0.4) is 0 Å². The van der Waals surface area contributed by atoms with Crippen LogP contribution in [0.5, 0.6) is 0 Å². The average Bonchev–Trinajstić information content (AvgIpc) is 2.59. The molecule has 6 nitrogen and oxygen atoms in total. The summed E-state index contributed by atoms with van der Waals surface area (Å²) in [6.07, 6.45) is 4.15. The van der Waals surface area contributed by atoms with Gasteiger partial charge < -0.3 is 16.0 Å². The summed E-state index contributed by atoms with van der Waals surface area (Å²) >= 11 is 0. The van der Waals surface area contributed by atoms with Crippen LogP contribution in [-0.4, -0.2) is 37.0 Å². The Bertz CT molecular complexity index is 634. The van der Waals surface area contributed by atoms with E-state index >= 15 is 0 Å². The van der Waals surface area contributed by atoms with Gasteiger partial charge in [0, 0.05) is 19.8 Å². The zero-order valence-corrected chi connectivity index (χ0v) is 15.9. The normalized spacial score (nSPS) is 10.5. The molecule has 0 aliphatic heterocycles. The van der Waals surface area contributed by atoms with Gasteiger partial charge in [-0.1, -0.05) is 30.3 Å². The molecule has 7 heteroatoms. The van der Waals surface area contributed by atoms with Crippen molar-refractivity contribution in [2.75, 3.05) is 25.5 Å². The highest BCUT2D eigenvalue weighted by molar-refractivity contribution is 14.0. The third-order valence-electron chi connectivity index (χ3n) is 3.13.